The number of anilines is 1. The third kappa shape index (κ3) is 4.11. The third-order valence-corrected chi connectivity index (χ3v) is 4.75. The molecule has 136 valence electrons. The summed E-state index contributed by atoms with van der Waals surface area (Å²) in [5, 5.41) is 13.2. The standard InChI is InChI=1S/C18H25N3O4/c1-20(2)9-10-21-14-11-13(5-6-15(14)25-17(21)23)19-16(22)12-18(24)7-3-4-8-18/h5-6,11,24H,3-4,7-10,12H2,1-2H3,(H,19,22). The molecular formula is C18H25N3O4. The highest BCUT2D eigenvalue weighted by Crippen LogP contribution is 2.32. The molecule has 1 aliphatic carbocycles. The number of amides is 1. The Hall–Kier alpha value is -2.12. The van der Waals surface area contributed by atoms with Gasteiger partial charge in [-0.05, 0) is 45.1 Å². The highest BCUT2D eigenvalue weighted by Gasteiger charge is 2.33. The zero-order valence-corrected chi connectivity index (χ0v) is 14.7. The minimum atomic E-state index is -0.877. The van der Waals surface area contributed by atoms with Crippen molar-refractivity contribution < 1.29 is 14.3 Å². The Morgan fingerprint density at radius 2 is 2.08 bits per heavy atom. The van der Waals surface area contributed by atoms with Crippen LogP contribution in [-0.4, -0.2) is 46.7 Å². The predicted molar refractivity (Wildman–Crippen MR) is 95.7 cm³/mol. The minimum absolute atomic E-state index is 0.101. The second-order valence-electron chi connectivity index (χ2n) is 7.16. The topological polar surface area (TPSA) is 87.7 Å². The molecule has 3 rings (SSSR count). The van der Waals surface area contributed by atoms with Gasteiger partial charge < -0.3 is 19.7 Å². The molecule has 25 heavy (non-hydrogen) atoms. The van der Waals surface area contributed by atoms with Crippen LogP contribution in [0.3, 0.4) is 0 Å². The number of hydrogen-bond acceptors (Lipinski definition) is 5. The van der Waals surface area contributed by atoms with Crippen molar-refractivity contribution >= 4 is 22.7 Å². The van der Waals surface area contributed by atoms with Gasteiger partial charge in [0, 0.05) is 18.8 Å². The van der Waals surface area contributed by atoms with E-state index < -0.39 is 11.4 Å². The number of aliphatic hydroxyl groups is 1. The summed E-state index contributed by atoms with van der Waals surface area (Å²) in [4.78, 5) is 26.2. The Kier molecular flexibility index (Phi) is 4.96. The largest absolute Gasteiger partial charge is 0.419 e. The lowest BCUT2D eigenvalue weighted by Gasteiger charge is -2.21. The van der Waals surface area contributed by atoms with Crippen LogP contribution in [0, 0.1) is 0 Å². The van der Waals surface area contributed by atoms with Gasteiger partial charge in [0.15, 0.2) is 5.58 Å². The summed E-state index contributed by atoms with van der Waals surface area (Å²) >= 11 is 0. The van der Waals surface area contributed by atoms with Gasteiger partial charge in [-0.1, -0.05) is 12.8 Å². The first kappa shape index (κ1) is 17.7. The van der Waals surface area contributed by atoms with E-state index in [0.29, 0.717) is 42.7 Å². The maximum atomic E-state index is 12.2. The Morgan fingerprint density at radius 1 is 1.36 bits per heavy atom. The van der Waals surface area contributed by atoms with Gasteiger partial charge in [0.25, 0.3) is 0 Å². The quantitative estimate of drug-likeness (QED) is 0.832. The summed E-state index contributed by atoms with van der Waals surface area (Å²) in [5.74, 6) is -0.616. The van der Waals surface area contributed by atoms with Gasteiger partial charge in [0.2, 0.25) is 5.91 Å². The highest BCUT2D eigenvalue weighted by atomic mass is 16.4. The van der Waals surface area contributed by atoms with Gasteiger partial charge in [0.1, 0.15) is 0 Å². The lowest BCUT2D eigenvalue weighted by atomic mass is 9.97. The van der Waals surface area contributed by atoms with Gasteiger partial charge in [-0.2, -0.15) is 0 Å². The Bertz CT molecular complexity index is 815. The molecule has 0 atom stereocenters. The van der Waals surface area contributed by atoms with Crippen LogP contribution in [-0.2, 0) is 11.3 Å². The number of rotatable bonds is 6. The number of likely N-dealkylation sites (N-methyl/N-ethyl adjacent to an activating group) is 1. The van der Waals surface area contributed by atoms with Gasteiger partial charge in [-0.25, -0.2) is 4.79 Å². The number of carbonyl (C=O) groups excluding carboxylic acids is 1. The van der Waals surface area contributed by atoms with E-state index in [1.54, 1.807) is 22.8 Å². The van der Waals surface area contributed by atoms with E-state index in [4.69, 9.17) is 4.42 Å². The highest BCUT2D eigenvalue weighted by molar-refractivity contribution is 5.93. The molecule has 2 aromatic rings. The van der Waals surface area contributed by atoms with Crippen molar-refractivity contribution in [1.29, 1.82) is 0 Å². The fourth-order valence-corrected chi connectivity index (χ4v) is 3.37. The molecule has 0 spiro atoms. The molecule has 2 N–H and O–H groups in total. The van der Waals surface area contributed by atoms with E-state index in [-0.39, 0.29) is 12.3 Å². The van der Waals surface area contributed by atoms with E-state index in [1.807, 2.05) is 19.0 Å². The molecule has 1 aliphatic rings. The second-order valence-corrected chi connectivity index (χ2v) is 7.16. The number of nitrogens with one attached hydrogen (secondary N) is 1. The van der Waals surface area contributed by atoms with Crippen LogP contribution in [0.4, 0.5) is 5.69 Å². The SMILES string of the molecule is CN(C)CCn1c(=O)oc2ccc(NC(=O)CC3(O)CCCC3)cc21. The molecule has 0 aliphatic heterocycles. The van der Waals surface area contributed by atoms with Crippen molar-refractivity contribution in [2.45, 2.75) is 44.2 Å². The van der Waals surface area contributed by atoms with Crippen molar-refractivity contribution in [3.05, 3.63) is 28.7 Å². The van der Waals surface area contributed by atoms with Gasteiger partial charge in [-0.3, -0.25) is 9.36 Å². The van der Waals surface area contributed by atoms with Crippen molar-refractivity contribution in [3.63, 3.8) is 0 Å². The molecule has 0 unspecified atom stereocenters. The normalized spacial score (nSPS) is 16.6. The van der Waals surface area contributed by atoms with E-state index in [0.717, 1.165) is 12.8 Å². The average Bonchev–Trinajstić information content (AvgIpc) is 3.08. The number of hydrogen-bond donors (Lipinski definition) is 2. The van der Waals surface area contributed by atoms with Crippen LogP contribution in [0.15, 0.2) is 27.4 Å². The van der Waals surface area contributed by atoms with E-state index in [1.165, 1.54) is 0 Å². The third-order valence-electron chi connectivity index (χ3n) is 4.75. The predicted octanol–water partition coefficient (Wildman–Crippen LogP) is 1.79. The summed E-state index contributed by atoms with van der Waals surface area (Å²) in [6.07, 6.45) is 3.37. The first-order valence-electron chi connectivity index (χ1n) is 8.67. The van der Waals surface area contributed by atoms with Crippen LogP contribution < -0.4 is 11.1 Å². The summed E-state index contributed by atoms with van der Waals surface area (Å²) in [6, 6.07) is 5.13. The number of aromatic nitrogens is 1. The minimum Gasteiger partial charge on any atom is -0.408 e. The number of benzene rings is 1. The number of nitrogens with zero attached hydrogens (tertiary/aromatic N) is 2. The van der Waals surface area contributed by atoms with Crippen LogP contribution in [0.2, 0.25) is 0 Å². The van der Waals surface area contributed by atoms with Crippen molar-refractivity contribution in [1.82, 2.24) is 9.47 Å². The number of carbonyl (C=O) groups is 1. The number of fused-ring (bicyclic) bond motifs is 1. The van der Waals surface area contributed by atoms with Crippen molar-refractivity contribution in [3.8, 4) is 0 Å². The Labute approximate surface area is 146 Å². The fourth-order valence-electron chi connectivity index (χ4n) is 3.37. The van der Waals surface area contributed by atoms with E-state index in [2.05, 4.69) is 5.32 Å². The van der Waals surface area contributed by atoms with Crippen LogP contribution in [0.25, 0.3) is 11.1 Å². The van der Waals surface area contributed by atoms with Gasteiger partial charge in [0.05, 0.1) is 17.5 Å². The molecule has 0 saturated heterocycles. The molecule has 1 aromatic carbocycles. The molecule has 1 saturated carbocycles. The summed E-state index contributed by atoms with van der Waals surface area (Å²) < 4.78 is 6.82. The van der Waals surface area contributed by atoms with Gasteiger partial charge >= 0.3 is 5.76 Å². The lowest BCUT2D eigenvalue weighted by molar-refractivity contribution is -0.120. The molecule has 1 aromatic heterocycles. The molecule has 1 heterocycles. The summed E-state index contributed by atoms with van der Waals surface area (Å²) in [5.41, 5.74) is 0.872. The molecule has 7 nitrogen and oxygen atoms in total. The maximum absolute atomic E-state index is 12.2. The fraction of sp³-hybridized carbons (Fsp3) is 0.556. The summed E-state index contributed by atoms with van der Waals surface area (Å²) in [6.45, 7) is 1.22. The van der Waals surface area contributed by atoms with Crippen LogP contribution in [0.1, 0.15) is 32.1 Å². The molecular weight excluding hydrogens is 322 g/mol. The van der Waals surface area contributed by atoms with Crippen LogP contribution >= 0.6 is 0 Å². The molecule has 7 heteroatoms. The van der Waals surface area contributed by atoms with Crippen molar-refractivity contribution in [2.24, 2.45) is 0 Å². The maximum Gasteiger partial charge on any atom is 0.419 e. The van der Waals surface area contributed by atoms with Crippen molar-refractivity contribution in [2.75, 3.05) is 26.0 Å². The molecule has 0 bridgehead atoms. The van der Waals surface area contributed by atoms with E-state index in [9.17, 15) is 14.7 Å². The Morgan fingerprint density at radius 3 is 2.76 bits per heavy atom. The zero-order valence-electron chi connectivity index (χ0n) is 14.7. The molecule has 1 fully saturated rings. The smallest absolute Gasteiger partial charge is 0.408 e. The zero-order chi connectivity index (χ0) is 18.0. The first-order valence-corrected chi connectivity index (χ1v) is 8.67. The molecule has 1 amide bonds. The first-order chi connectivity index (χ1) is 11.9. The molecule has 0 radical (unpaired) electrons. The Balaban J connectivity index is 1.76. The van der Waals surface area contributed by atoms with Gasteiger partial charge in [-0.15, -0.1) is 0 Å². The van der Waals surface area contributed by atoms with E-state index >= 15 is 0 Å². The summed E-state index contributed by atoms with van der Waals surface area (Å²) in [7, 11) is 3.87. The second kappa shape index (κ2) is 7.01. The lowest BCUT2D eigenvalue weighted by Crippen LogP contribution is -2.30. The van der Waals surface area contributed by atoms with Crippen LogP contribution in [0.5, 0.6) is 0 Å². The monoisotopic (exact) mass is 347 g/mol. The average molecular weight is 347 g/mol. The number of oxazole rings is 1.